The van der Waals surface area contributed by atoms with Crippen LogP contribution in [-0.2, 0) is 11.3 Å². The normalized spacial score (nSPS) is 17.9. The van der Waals surface area contributed by atoms with Crippen LogP contribution in [-0.4, -0.2) is 21.6 Å². The van der Waals surface area contributed by atoms with Gasteiger partial charge in [-0.05, 0) is 31.2 Å². The van der Waals surface area contributed by atoms with Crippen molar-refractivity contribution in [3.05, 3.63) is 34.2 Å². The van der Waals surface area contributed by atoms with Gasteiger partial charge < -0.3 is 15.4 Å². The first-order valence-electron chi connectivity index (χ1n) is 5.78. The largest absolute Gasteiger partial charge is 0.380 e. The second-order valence-electron chi connectivity index (χ2n) is 4.48. The number of hydrogen-bond donors (Lipinski definition) is 3. The summed E-state index contributed by atoms with van der Waals surface area (Å²) in [6, 6.07) is 3.06. The topological polar surface area (TPSA) is 82.2 Å². The van der Waals surface area contributed by atoms with E-state index in [0.29, 0.717) is 19.4 Å². The zero-order valence-corrected chi connectivity index (χ0v) is 9.53. The molecular formula is C12H16N2O3. The summed E-state index contributed by atoms with van der Waals surface area (Å²) < 4.78 is 0. The maximum absolute atomic E-state index is 11.8. The van der Waals surface area contributed by atoms with Gasteiger partial charge >= 0.3 is 0 Å². The molecule has 0 saturated heterocycles. The SMILES string of the molecule is O=C(NCc1ccc(=O)[nH]c1)C1(O)CCCC1. The van der Waals surface area contributed by atoms with Gasteiger partial charge in [0.25, 0.3) is 5.91 Å². The smallest absolute Gasteiger partial charge is 0.252 e. The number of nitrogens with one attached hydrogen (secondary N) is 2. The maximum Gasteiger partial charge on any atom is 0.252 e. The highest BCUT2D eigenvalue weighted by atomic mass is 16.3. The Hall–Kier alpha value is -1.62. The zero-order chi connectivity index (χ0) is 12.3. The third kappa shape index (κ3) is 2.74. The number of hydrogen-bond acceptors (Lipinski definition) is 3. The van der Waals surface area contributed by atoms with E-state index in [-0.39, 0.29) is 11.5 Å². The lowest BCUT2D eigenvalue weighted by atomic mass is 10.0. The Labute approximate surface area is 98.9 Å². The molecule has 1 aliphatic rings. The second kappa shape index (κ2) is 4.71. The molecule has 5 heteroatoms. The van der Waals surface area contributed by atoms with E-state index in [2.05, 4.69) is 10.3 Å². The minimum Gasteiger partial charge on any atom is -0.380 e. The van der Waals surface area contributed by atoms with Crippen LogP contribution in [0.25, 0.3) is 0 Å². The summed E-state index contributed by atoms with van der Waals surface area (Å²) in [5.41, 5.74) is -0.559. The molecule has 0 unspecified atom stereocenters. The van der Waals surface area contributed by atoms with E-state index in [4.69, 9.17) is 0 Å². The Morgan fingerprint density at radius 2 is 2.12 bits per heavy atom. The Morgan fingerprint density at radius 1 is 1.41 bits per heavy atom. The lowest BCUT2D eigenvalue weighted by Gasteiger charge is -2.20. The summed E-state index contributed by atoms with van der Waals surface area (Å²) in [6.07, 6.45) is 4.40. The molecule has 2 rings (SSSR count). The summed E-state index contributed by atoms with van der Waals surface area (Å²) in [6.45, 7) is 0.317. The lowest BCUT2D eigenvalue weighted by molar-refractivity contribution is -0.139. The predicted octanol–water partition coefficient (Wildman–Crippen LogP) is 0.296. The van der Waals surface area contributed by atoms with Gasteiger partial charge in [-0.2, -0.15) is 0 Å². The quantitative estimate of drug-likeness (QED) is 0.705. The molecule has 1 aromatic heterocycles. The van der Waals surface area contributed by atoms with Crippen molar-refractivity contribution in [3.63, 3.8) is 0 Å². The molecule has 0 bridgehead atoms. The van der Waals surface area contributed by atoms with Gasteiger partial charge in [-0.3, -0.25) is 9.59 Å². The average Bonchev–Trinajstić information content (AvgIpc) is 2.76. The lowest BCUT2D eigenvalue weighted by Crippen LogP contribution is -2.44. The number of H-pyrrole nitrogens is 1. The zero-order valence-electron chi connectivity index (χ0n) is 9.53. The molecule has 0 atom stereocenters. The Morgan fingerprint density at radius 3 is 2.71 bits per heavy atom. The van der Waals surface area contributed by atoms with Gasteiger partial charge in [0.15, 0.2) is 0 Å². The Bertz CT molecular complexity index is 441. The molecule has 1 fully saturated rings. The number of pyridine rings is 1. The number of carbonyl (C=O) groups excluding carboxylic acids is 1. The molecule has 5 nitrogen and oxygen atoms in total. The molecule has 1 aromatic rings. The van der Waals surface area contributed by atoms with Gasteiger partial charge in [0.2, 0.25) is 5.56 Å². The second-order valence-corrected chi connectivity index (χ2v) is 4.48. The highest BCUT2D eigenvalue weighted by molar-refractivity contribution is 5.85. The first kappa shape index (κ1) is 11.9. The van der Waals surface area contributed by atoms with E-state index >= 15 is 0 Å². The molecule has 1 aliphatic carbocycles. The molecule has 17 heavy (non-hydrogen) atoms. The molecule has 0 aliphatic heterocycles. The first-order chi connectivity index (χ1) is 8.10. The Balaban J connectivity index is 1.92. The standard InChI is InChI=1S/C12H16N2O3/c15-10-4-3-9(7-13-10)8-14-11(16)12(17)5-1-2-6-12/h3-4,7,17H,1-2,5-6,8H2,(H,13,15)(H,14,16). The number of rotatable bonds is 3. The van der Waals surface area contributed by atoms with E-state index in [1.165, 1.54) is 6.07 Å². The fourth-order valence-corrected chi connectivity index (χ4v) is 2.09. The van der Waals surface area contributed by atoms with Gasteiger partial charge in [-0.15, -0.1) is 0 Å². The number of aliphatic hydroxyl groups is 1. The third-order valence-corrected chi connectivity index (χ3v) is 3.16. The van der Waals surface area contributed by atoms with Gasteiger partial charge in [0.05, 0.1) is 0 Å². The first-order valence-corrected chi connectivity index (χ1v) is 5.78. The molecule has 0 spiro atoms. The van der Waals surface area contributed by atoms with E-state index in [1.807, 2.05) is 0 Å². The number of aromatic nitrogens is 1. The van der Waals surface area contributed by atoms with Crippen LogP contribution in [0, 0.1) is 0 Å². The molecule has 0 aromatic carbocycles. The van der Waals surface area contributed by atoms with E-state index in [0.717, 1.165) is 18.4 Å². The van der Waals surface area contributed by atoms with Crippen molar-refractivity contribution < 1.29 is 9.90 Å². The number of carbonyl (C=O) groups is 1. The van der Waals surface area contributed by atoms with E-state index in [9.17, 15) is 14.7 Å². The van der Waals surface area contributed by atoms with Crippen molar-refractivity contribution >= 4 is 5.91 Å². The van der Waals surface area contributed by atoms with Crippen LogP contribution < -0.4 is 10.9 Å². The summed E-state index contributed by atoms with van der Waals surface area (Å²) in [5, 5.41) is 12.7. The molecular weight excluding hydrogens is 220 g/mol. The van der Waals surface area contributed by atoms with Crippen molar-refractivity contribution in [3.8, 4) is 0 Å². The minimum absolute atomic E-state index is 0.172. The van der Waals surface area contributed by atoms with Crippen LogP contribution in [0.2, 0.25) is 0 Å². The fourth-order valence-electron chi connectivity index (χ4n) is 2.09. The highest BCUT2D eigenvalue weighted by Crippen LogP contribution is 2.29. The number of aromatic amines is 1. The molecule has 92 valence electrons. The van der Waals surface area contributed by atoms with Crippen molar-refractivity contribution in [1.82, 2.24) is 10.3 Å². The Kier molecular flexibility index (Phi) is 3.28. The van der Waals surface area contributed by atoms with Gasteiger partial charge in [0.1, 0.15) is 5.60 Å². The summed E-state index contributed by atoms with van der Waals surface area (Å²) >= 11 is 0. The minimum atomic E-state index is -1.19. The number of amides is 1. The van der Waals surface area contributed by atoms with Crippen LogP contribution in [0.4, 0.5) is 0 Å². The van der Waals surface area contributed by atoms with Crippen molar-refractivity contribution in [2.45, 2.75) is 37.8 Å². The molecule has 1 saturated carbocycles. The maximum atomic E-state index is 11.8. The summed E-state index contributed by atoms with van der Waals surface area (Å²) in [5.74, 6) is -0.318. The van der Waals surface area contributed by atoms with Crippen molar-refractivity contribution in [2.75, 3.05) is 0 Å². The van der Waals surface area contributed by atoms with Gasteiger partial charge in [-0.25, -0.2) is 0 Å². The predicted molar refractivity (Wildman–Crippen MR) is 62.3 cm³/mol. The van der Waals surface area contributed by atoms with Crippen molar-refractivity contribution in [1.29, 1.82) is 0 Å². The van der Waals surface area contributed by atoms with Gasteiger partial charge in [0, 0.05) is 18.8 Å². The molecule has 1 heterocycles. The van der Waals surface area contributed by atoms with Crippen LogP contribution >= 0.6 is 0 Å². The van der Waals surface area contributed by atoms with E-state index < -0.39 is 5.60 Å². The van der Waals surface area contributed by atoms with Crippen LogP contribution in [0.5, 0.6) is 0 Å². The monoisotopic (exact) mass is 236 g/mol. The van der Waals surface area contributed by atoms with E-state index in [1.54, 1.807) is 12.3 Å². The van der Waals surface area contributed by atoms with Crippen LogP contribution in [0.3, 0.4) is 0 Å². The molecule has 1 amide bonds. The summed E-state index contributed by atoms with van der Waals surface area (Å²) in [4.78, 5) is 25.1. The van der Waals surface area contributed by atoms with Crippen LogP contribution in [0.15, 0.2) is 23.1 Å². The third-order valence-electron chi connectivity index (χ3n) is 3.16. The average molecular weight is 236 g/mol. The highest BCUT2D eigenvalue weighted by Gasteiger charge is 2.38. The van der Waals surface area contributed by atoms with Crippen LogP contribution in [0.1, 0.15) is 31.2 Å². The summed E-state index contributed by atoms with van der Waals surface area (Å²) in [7, 11) is 0. The molecule has 0 radical (unpaired) electrons. The van der Waals surface area contributed by atoms with Crippen molar-refractivity contribution in [2.24, 2.45) is 0 Å². The molecule has 3 N–H and O–H groups in total. The van der Waals surface area contributed by atoms with Gasteiger partial charge in [-0.1, -0.05) is 6.07 Å². The fraction of sp³-hybridized carbons (Fsp3) is 0.500.